The van der Waals surface area contributed by atoms with E-state index in [1.165, 1.54) is 12.8 Å². The molecule has 0 spiro atoms. The highest BCUT2D eigenvalue weighted by Gasteiger charge is 2.37. The van der Waals surface area contributed by atoms with Crippen LogP contribution in [0.4, 0.5) is 0 Å². The van der Waals surface area contributed by atoms with Crippen molar-refractivity contribution in [3.63, 3.8) is 0 Å². The van der Waals surface area contributed by atoms with Gasteiger partial charge in [0.1, 0.15) is 0 Å². The van der Waals surface area contributed by atoms with Gasteiger partial charge in [-0.2, -0.15) is 0 Å². The highest BCUT2D eigenvalue weighted by atomic mass is 127. The van der Waals surface area contributed by atoms with Gasteiger partial charge in [-0.1, -0.05) is 29.5 Å². The van der Waals surface area contributed by atoms with Gasteiger partial charge in [-0.15, -0.1) is 0 Å². The Morgan fingerprint density at radius 3 is 2.67 bits per heavy atom. The molecule has 9 heavy (non-hydrogen) atoms. The lowest BCUT2D eigenvalue weighted by atomic mass is 10.00. The van der Waals surface area contributed by atoms with Gasteiger partial charge in [0.2, 0.25) is 0 Å². The summed E-state index contributed by atoms with van der Waals surface area (Å²) >= 11 is 2.36. The topological polar surface area (TPSA) is 20.2 Å². The minimum Gasteiger partial charge on any atom is -0.389 e. The zero-order valence-corrected chi connectivity index (χ0v) is 7.89. The normalized spacial score (nSPS) is 43.7. The average molecular weight is 240 g/mol. The molecule has 0 aromatic rings. The van der Waals surface area contributed by atoms with E-state index in [9.17, 15) is 5.11 Å². The van der Waals surface area contributed by atoms with E-state index in [2.05, 4.69) is 29.5 Å². The predicted octanol–water partition coefficient (Wildman–Crippen LogP) is 2.12. The van der Waals surface area contributed by atoms with E-state index < -0.39 is 0 Å². The maximum Gasteiger partial charge on any atom is 0.0762 e. The number of halogens is 1. The fourth-order valence-electron chi connectivity index (χ4n) is 1.41. The van der Waals surface area contributed by atoms with Crippen LogP contribution < -0.4 is 0 Å². The number of rotatable bonds is 1. The van der Waals surface area contributed by atoms with Crippen LogP contribution in [0.5, 0.6) is 0 Å². The lowest BCUT2D eigenvalue weighted by Gasteiger charge is -2.24. The van der Waals surface area contributed by atoms with Crippen molar-refractivity contribution in [1.82, 2.24) is 0 Å². The third kappa shape index (κ3) is 1.40. The third-order valence-electron chi connectivity index (χ3n) is 2.26. The van der Waals surface area contributed by atoms with Crippen LogP contribution in [0.15, 0.2) is 0 Å². The van der Waals surface area contributed by atoms with E-state index in [4.69, 9.17) is 0 Å². The summed E-state index contributed by atoms with van der Waals surface area (Å²) in [5, 5.41) is 9.76. The van der Waals surface area contributed by atoms with E-state index >= 15 is 0 Å². The summed E-state index contributed by atoms with van der Waals surface area (Å²) in [7, 11) is 0. The predicted molar refractivity (Wildman–Crippen MR) is 46.9 cm³/mol. The molecule has 1 N–H and O–H groups in total. The van der Waals surface area contributed by atoms with Crippen LogP contribution in [0.1, 0.15) is 32.6 Å². The van der Waals surface area contributed by atoms with Gasteiger partial charge >= 0.3 is 0 Å². The first-order valence-electron chi connectivity index (χ1n) is 3.55. The fourth-order valence-corrected chi connectivity index (χ4v) is 2.60. The molecular weight excluding hydrogens is 227 g/mol. The van der Waals surface area contributed by atoms with Crippen molar-refractivity contribution in [2.24, 2.45) is 0 Å². The molecule has 1 aliphatic rings. The van der Waals surface area contributed by atoms with Crippen molar-refractivity contribution >= 4 is 22.6 Å². The number of aliphatic hydroxyl groups is 1. The van der Waals surface area contributed by atoms with Crippen molar-refractivity contribution in [3.05, 3.63) is 0 Å². The van der Waals surface area contributed by atoms with Crippen LogP contribution in [0, 0.1) is 0 Å². The van der Waals surface area contributed by atoms with Gasteiger partial charge < -0.3 is 5.11 Å². The highest BCUT2D eigenvalue weighted by Crippen LogP contribution is 2.37. The molecule has 0 aliphatic heterocycles. The maximum atomic E-state index is 9.76. The Labute approximate surface area is 70.0 Å². The molecule has 1 rings (SSSR count). The summed E-state index contributed by atoms with van der Waals surface area (Å²) in [6, 6.07) is 0. The molecule has 0 bridgehead atoms. The van der Waals surface area contributed by atoms with Crippen molar-refractivity contribution in [3.8, 4) is 0 Å². The standard InChI is InChI=1S/C7H13IO/c1-2-7(9)5-3-4-6(7)8/h6,9H,2-5H2,1H3. The van der Waals surface area contributed by atoms with Gasteiger partial charge in [0.05, 0.1) is 5.60 Å². The largest absolute Gasteiger partial charge is 0.389 e. The van der Waals surface area contributed by atoms with Gasteiger partial charge in [0.25, 0.3) is 0 Å². The van der Waals surface area contributed by atoms with E-state index in [0.29, 0.717) is 3.92 Å². The second-order valence-electron chi connectivity index (χ2n) is 2.82. The molecule has 0 amide bonds. The molecule has 0 heterocycles. The summed E-state index contributed by atoms with van der Waals surface area (Å²) < 4.78 is 0.500. The van der Waals surface area contributed by atoms with Crippen LogP contribution in [-0.2, 0) is 0 Å². The number of hydrogen-bond acceptors (Lipinski definition) is 1. The first-order valence-corrected chi connectivity index (χ1v) is 4.80. The third-order valence-corrected chi connectivity index (χ3v) is 4.04. The first-order chi connectivity index (χ1) is 4.19. The van der Waals surface area contributed by atoms with Crippen LogP contribution in [0.25, 0.3) is 0 Å². The first kappa shape index (κ1) is 7.79. The zero-order valence-electron chi connectivity index (χ0n) is 5.73. The molecule has 0 saturated heterocycles. The van der Waals surface area contributed by atoms with Crippen molar-refractivity contribution < 1.29 is 5.11 Å². The van der Waals surface area contributed by atoms with Crippen molar-refractivity contribution in [2.45, 2.75) is 42.1 Å². The van der Waals surface area contributed by atoms with Gasteiger partial charge in [0.15, 0.2) is 0 Å². The van der Waals surface area contributed by atoms with Gasteiger partial charge in [-0.3, -0.25) is 0 Å². The minimum absolute atomic E-state index is 0.319. The SMILES string of the molecule is CCC1(O)CCCC1I. The van der Waals surface area contributed by atoms with Gasteiger partial charge in [-0.05, 0) is 25.7 Å². The Hall–Kier alpha value is 0.690. The molecule has 54 valence electrons. The highest BCUT2D eigenvalue weighted by molar-refractivity contribution is 14.1. The summed E-state index contributed by atoms with van der Waals surface area (Å²) in [6.45, 7) is 2.07. The Morgan fingerprint density at radius 2 is 2.44 bits per heavy atom. The molecule has 1 fully saturated rings. The monoisotopic (exact) mass is 240 g/mol. The summed E-state index contributed by atoms with van der Waals surface area (Å²) in [4.78, 5) is 0. The lowest BCUT2D eigenvalue weighted by molar-refractivity contribution is 0.0530. The van der Waals surface area contributed by atoms with E-state index in [1.807, 2.05) is 0 Å². The average Bonchev–Trinajstić information content (AvgIpc) is 2.15. The Balaban J connectivity index is 2.56. The van der Waals surface area contributed by atoms with Crippen LogP contribution >= 0.6 is 22.6 Å². The van der Waals surface area contributed by atoms with Crippen molar-refractivity contribution in [2.75, 3.05) is 0 Å². The number of hydrogen-bond donors (Lipinski definition) is 1. The van der Waals surface area contributed by atoms with Crippen molar-refractivity contribution in [1.29, 1.82) is 0 Å². The molecule has 2 heteroatoms. The van der Waals surface area contributed by atoms with Gasteiger partial charge in [0, 0.05) is 3.92 Å². The smallest absolute Gasteiger partial charge is 0.0762 e. The van der Waals surface area contributed by atoms with Crippen LogP contribution in [0.3, 0.4) is 0 Å². The Morgan fingerprint density at radius 1 is 1.78 bits per heavy atom. The molecular formula is C7H13IO. The van der Waals surface area contributed by atoms with E-state index in [0.717, 1.165) is 12.8 Å². The quantitative estimate of drug-likeness (QED) is 0.549. The summed E-state index contributed by atoms with van der Waals surface area (Å²) in [6.07, 6.45) is 4.33. The fraction of sp³-hybridized carbons (Fsp3) is 1.00. The molecule has 1 nitrogen and oxygen atoms in total. The molecule has 0 radical (unpaired) electrons. The molecule has 1 aliphatic carbocycles. The second kappa shape index (κ2) is 2.74. The molecule has 0 aromatic heterocycles. The van der Waals surface area contributed by atoms with Gasteiger partial charge in [-0.25, -0.2) is 0 Å². The van der Waals surface area contributed by atoms with Crippen LogP contribution in [-0.4, -0.2) is 14.6 Å². The summed E-state index contributed by atoms with van der Waals surface area (Å²) in [5.41, 5.74) is -0.319. The molecule has 2 unspecified atom stereocenters. The lowest BCUT2D eigenvalue weighted by Crippen LogP contribution is -2.32. The second-order valence-corrected chi connectivity index (χ2v) is 4.32. The molecule has 2 atom stereocenters. The molecule has 1 saturated carbocycles. The Kier molecular flexibility index (Phi) is 2.37. The minimum atomic E-state index is -0.319. The zero-order chi connectivity index (χ0) is 6.91. The Bertz CT molecular complexity index is 105. The van der Waals surface area contributed by atoms with E-state index in [1.54, 1.807) is 0 Å². The van der Waals surface area contributed by atoms with Crippen LogP contribution in [0.2, 0.25) is 0 Å². The molecule has 0 aromatic carbocycles. The maximum absolute atomic E-state index is 9.76. The van der Waals surface area contributed by atoms with E-state index in [-0.39, 0.29) is 5.60 Å². The summed E-state index contributed by atoms with van der Waals surface area (Å²) in [5.74, 6) is 0. The number of alkyl halides is 1.